The number of unbranched alkanes of at least 4 members (excludes halogenated alkanes) is 4. The topological polar surface area (TPSA) is 9.23 Å². The number of aryl methyl sites for hydroxylation is 1. The summed E-state index contributed by atoms with van der Waals surface area (Å²) in [5, 5.41) is 0. The van der Waals surface area contributed by atoms with Crippen molar-refractivity contribution in [2.45, 2.75) is 103 Å². The highest BCUT2D eigenvalue weighted by Gasteiger charge is 2.20. The second kappa shape index (κ2) is 17.2. The van der Waals surface area contributed by atoms with E-state index in [0.717, 1.165) is 24.7 Å². The highest BCUT2D eigenvalue weighted by molar-refractivity contribution is 5.24. The van der Waals surface area contributed by atoms with Crippen LogP contribution < -0.4 is 0 Å². The molecule has 0 aromatic heterocycles. The molecule has 2 aromatic rings. The number of rotatable bonds is 16. The smallest absolute Gasteiger partial charge is 0.112 e. The largest absolute Gasteiger partial charge is 0.497 e. The van der Waals surface area contributed by atoms with Crippen LogP contribution in [0, 0.1) is 11.8 Å². The van der Waals surface area contributed by atoms with Gasteiger partial charge in [-0.15, -0.1) is 0 Å². The van der Waals surface area contributed by atoms with E-state index < -0.39 is 0 Å². The molecule has 1 aliphatic rings. The molecule has 0 aliphatic heterocycles. The number of benzene rings is 2. The molecule has 0 amide bonds. The zero-order chi connectivity index (χ0) is 24.4. The molecule has 3 rings (SSSR count). The zero-order valence-corrected chi connectivity index (χ0v) is 22.2. The van der Waals surface area contributed by atoms with Gasteiger partial charge in [0.1, 0.15) is 6.61 Å². The minimum Gasteiger partial charge on any atom is -0.497 e. The molecule has 190 valence electrons. The van der Waals surface area contributed by atoms with Crippen LogP contribution >= 0.6 is 0 Å². The average molecular weight is 473 g/mol. The van der Waals surface area contributed by atoms with Gasteiger partial charge in [0.15, 0.2) is 0 Å². The van der Waals surface area contributed by atoms with Crippen LogP contribution in [0.4, 0.5) is 0 Å². The van der Waals surface area contributed by atoms with Gasteiger partial charge in [-0.1, -0.05) is 125 Å². The summed E-state index contributed by atoms with van der Waals surface area (Å²) in [5.41, 5.74) is 4.16. The molecule has 0 atom stereocenters. The molecular formula is C34H48O. The lowest BCUT2D eigenvalue weighted by atomic mass is 9.78. The summed E-state index contributed by atoms with van der Waals surface area (Å²) in [6.45, 7) is 2.76. The molecule has 1 nitrogen and oxygen atoms in total. The maximum Gasteiger partial charge on any atom is 0.112 e. The van der Waals surface area contributed by atoms with Crippen LogP contribution in [0.5, 0.6) is 0 Å². The lowest BCUT2D eigenvalue weighted by Crippen LogP contribution is -2.14. The maximum atomic E-state index is 5.62. The summed E-state index contributed by atoms with van der Waals surface area (Å²) in [7, 11) is 0. The Morgan fingerprint density at radius 3 is 2.03 bits per heavy atom. The van der Waals surface area contributed by atoms with Crippen molar-refractivity contribution >= 4 is 0 Å². The van der Waals surface area contributed by atoms with Crippen molar-refractivity contribution in [3.8, 4) is 0 Å². The van der Waals surface area contributed by atoms with Crippen molar-refractivity contribution in [2.75, 3.05) is 0 Å². The van der Waals surface area contributed by atoms with Gasteiger partial charge in [-0.05, 0) is 73.6 Å². The fourth-order valence-corrected chi connectivity index (χ4v) is 5.39. The molecule has 1 saturated carbocycles. The Hall–Kier alpha value is -2.28. The lowest BCUT2D eigenvalue weighted by molar-refractivity contribution is 0.235. The predicted octanol–water partition coefficient (Wildman–Crippen LogP) is 10.0. The molecule has 0 radical (unpaired) electrons. The third kappa shape index (κ3) is 11.8. The van der Waals surface area contributed by atoms with E-state index in [1.165, 1.54) is 93.7 Å². The highest BCUT2D eigenvalue weighted by atomic mass is 16.5. The molecule has 1 fully saturated rings. The second-order valence-electron chi connectivity index (χ2n) is 10.5. The Morgan fingerprint density at radius 2 is 1.34 bits per heavy atom. The first-order valence-electron chi connectivity index (χ1n) is 14.3. The molecule has 0 unspecified atom stereocenters. The van der Waals surface area contributed by atoms with Crippen molar-refractivity contribution in [3.05, 3.63) is 95.8 Å². The first-order chi connectivity index (χ1) is 17.3. The van der Waals surface area contributed by atoms with Crippen molar-refractivity contribution in [1.82, 2.24) is 0 Å². The van der Waals surface area contributed by atoms with Crippen molar-refractivity contribution < 1.29 is 4.74 Å². The van der Waals surface area contributed by atoms with E-state index in [4.69, 9.17) is 4.74 Å². The third-order valence-corrected chi connectivity index (χ3v) is 7.67. The van der Waals surface area contributed by atoms with Crippen LogP contribution in [-0.4, -0.2) is 0 Å². The highest BCUT2D eigenvalue weighted by Crippen LogP contribution is 2.34. The minimum absolute atomic E-state index is 0.672. The normalized spacial score (nSPS) is 18.4. The Morgan fingerprint density at radius 1 is 0.686 bits per heavy atom. The fraction of sp³-hybridized carbons (Fsp3) is 0.529. The maximum absolute atomic E-state index is 5.62. The summed E-state index contributed by atoms with van der Waals surface area (Å²) in [6.07, 6.45) is 27.5. The van der Waals surface area contributed by atoms with Gasteiger partial charge in [0.05, 0.1) is 6.26 Å². The Bertz CT molecular complexity index is 825. The molecule has 1 heteroatoms. The number of allylic oxidation sites excluding steroid dienone is 3. The summed E-state index contributed by atoms with van der Waals surface area (Å²) < 4.78 is 5.62. The minimum atomic E-state index is 0.672. The predicted molar refractivity (Wildman–Crippen MR) is 151 cm³/mol. The van der Waals surface area contributed by atoms with E-state index in [0.29, 0.717) is 6.61 Å². The Balaban J connectivity index is 1.13. The number of hydrogen-bond donors (Lipinski definition) is 0. The molecule has 0 saturated heterocycles. The Kier molecular flexibility index (Phi) is 13.4. The summed E-state index contributed by atoms with van der Waals surface area (Å²) in [6, 6.07) is 19.6. The van der Waals surface area contributed by atoms with Crippen LogP contribution in [0.3, 0.4) is 0 Å². The lowest BCUT2D eigenvalue weighted by Gasteiger charge is -2.28. The van der Waals surface area contributed by atoms with Crippen molar-refractivity contribution in [3.63, 3.8) is 0 Å². The quantitative estimate of drug-likeness (QED) is 0.134. The molecule has 0 heterocycles. The van der Waals surface area contributed by atoms with Gasteiger partial charge in [0, 0.05) is 0 Å². The third-order valence-electron chi connectivity index (χ3n) is 7.67. The van der Waals surface area contributed by atoms with Gasteiger partial charge >= 0.3 is 0 Å². The zero-order valence-electron chi connectivity index (χ0n) is 22.2. The van der Waals surface area contributed by atoms with Crippen molar-refractivity contribution in [2.24, 2.45) is 11.8 Å². The van der Waals surface area contributed by atoms with Gasteiger partial charge in [-0.25, -0.2) is 0 Å². The summed E-state index contributed by atoms with van der Waals surface area (Å²) in [4.78, 5) is 0. The summed E-state index contributed by atoms with van der Waals surface area (Å²) in [5.74, 6) is 1.99. The fourth-order valence-electron chi connectivity index (χ4n) is 5.39. The van der Waals surface area contributed by atoms with E-state index in [2.05, 4.69) is 73.7 Å². The van der Waals surface area contributed by atoms with Crippen LogP contribution in [0.15, 0.2) is 79.1 Å². The molecule has 0 bridgehead atoms. The van der Waals surface area contributed by atoms with Crippen LogP contribution in [-0.2, 0) is 24.2 Å². The number of ether oxygens (including phenoxy) is 1. The van der Waals surface area contributed by atoms with E-state index in [1.54, 1.807) is 0 Å². The van der Waals surface area contributed by atoms with E-state index in [9.17, 15) is 0 Å². The van der Waals surface area contributed by atoms with Crippen molar-refractivity contribution in [1.29, 1.82) is 0 Å². The van der Waals surface area contributed by atoms with Gasteiger partial charge in [0.2, 0.25) is 0 Å². The van der Waals surface area contributed by atoms with Crippen LogP contribution in [0.1, 0.15) is 101 Å². The van der Waals surface area contributed by atoms with Gasteiger partial charge in [-0.2, -0.15) is 0 Å². The average Bonchev–Trinajstić information content (AvgIpc) is 2.91. The monoisotopic (exact) mass is 472 g/mol. The van der Waals surface area contributed by atoms with Crippen LogP contribution in [0.2, 0.25) is 0 Å². The standard InChI is InChI=1S/C34H48O/c1-2-3-14-30-20-22-32(23-21-30)16-11-12-17-33-26-24-31(25-27-33)15-8-5-4-6-13-28-35-29-34-18-9-7-10-19-34/h2-3,7,9-10,13,18-23,28,31,33H,4-6,8,11-12,14-17,24-27,29H2,1H3/b3-2+,28-13+. The number of hydrogen-bond acceptors (Lipinski definition) is 1. The van der Waals surface area contributed by atoms with Crippen LogP contribution in [0.25, 0.3) is 0 Å². The molecular weight excluding hydrogens is 424 g/mol. The van der Waals surface area contributed by atoms with E-state index in [1.807, 2.05) is 12.3 Å². The first-order valence-corrected chi connectivity index (χ1v) is 14.3. The first kappa shape index (κ1) is 27.3. The second-order valence-corrected chi connectivity index (χ2v) is 10.5. The van der Waals surface area contributed by atoms with Gasteiger partial charge in [-0.3, -0.25) is 0 Å². The molecule has 2 aromatic carbocycles. The molecule has 1 aliphatic carbocycles. The van der Waals surface area contributed by atoms with E-state index >= 15 is 0 Å². The van der Waals surface area contributed by atoms with Gasteiger partial charge < -0.3 is 4.74 Å². The molecule has 0 spiro atoms. The molecule has 35 heavy (non-hydrogen) atoms. The Labute approximate surface area is 215 Å². The SMILES string of the molecule is C/C=C/Cc1ccc(CCCCC2CCC(CCCCC/C=C/OCc3ccccc3)CC2)cc1. The molecule has 0 N–H and O–H groups in total. The van der Waals surface area contributed by atoms with Gasteiger partial charge in [0.25, 0.3) is 0 Å². The summed E-state index contributed by atoms with van der Waals surface area (Å²) >= 11 is 0. The van der Waals surface area contributed by atoms with E-state index in [-0.39, 0.29) is 0 Å².